The number of nitrogens with one attached hydrogen (secondary N) is 1. The van der Waals surface area contributed by atoms with E-state index in [4.69, 9.17) is 16.6 Å². The second-order valence-corrected chi connectivity index (χ2v) is 7.10. The average Bonchev–Trinajstić information content (AvgIpc) is 2.97. The number of rotatable bonds is 4. The monoisotopic (exact) mass is 390 g/mol. The van der Waals surface area contributed by atoms with Gasteiger partial charge in [-0.1, -0.05) is 48.0 Å². The van der Waals surface area contributed by atoms with E-state index in [9.17, 15) is 4.79 Å². The summed E-state index contributed by atoms with van der Waals surface area (Å²) in [7, 11) is 0. The number of carbonyl (C=O) groups is 1. The number of nitrogens with zero attached hydrogens (tertiary/aromatic N) is 3. The fraction of sp³-hybridized carbons (Fsp3) is 0.136. The highest BCUT2D eigenvalue weighted by Gasteiger charge is 2.14. The van der Waals surface area contributed by atoms with Crippen molar-refractivity contribution < 1.29 is 4.79 Å². The molecule has 1 amide bonds. The van der Waals surface area contributed by atoms with Gasteiger partial charge in [-0.25, -0.2) is 9.97 Å². The Morgan fingerprint density at radius 2 is 1.82 bits per heavy atom. The maximum absolute atomic E-state index is 12.5. The summed E-state index contributed by atoms with van der Waals surface area (Å²) in [5.74, 6) is 0.649. The van der Waals surface area contributed by atoms with E-state index in [2.05, 4.69) is 27.0 Å². The zero-order valence-electron chi connectivity index (χ0n) is 15.6. The molecule has 0 saturated heterocycles. The molecule has 0 fully saturated rings. The molecule has 2 heterocycles. The van der Waals surface area contributed by atoms with Crippen LogP contribution in [0.1, 0.15) is 27.4 Å². The molecule has 0 aliphatic rings. The Bertz CT molecular complexity index is 1170. The number of aryl methyl sites for hydroxylation is 2. The summed E-state index contributed by atoms with van der Waals surface area (Å²) in [6.07, 6.45) is 0. The third-order valence-corrected chi connectivity index (χ3v) is 4.86. The minimum Gasteiger partial charge on any atom is -0.320 e. The summed E-state index contributed by atoms with van der Waals surface area (Å²) in [6.45, 7) is 4.54. The first kappa shape index (κ1) is 18.2. The van der Waals surface area contributed by atoms with E-state index in [1.807, 2.05) is 38.1 Å². The molecular weight excluding hydrogens is 372 g/mol. The molecule has 0 aliphatic heterocycles. The van der Waals surface area contributed by atoms with Crippen LogP contribution < -0.4 is 5.32 Å². The Labute approximate surface area is 168 Å². The largest absolute Gasteiger partial charge is 0.320 e. The van der Waals surface area contributed by atoms with Crippen molar-refractivity contribution in [3.63, 3.8) is 0 Å². The number of anilines is 1. The number of aromatic nitrogens is 3. The Morgan fingerprint density at radius 1 is 1.04 bits per heavy atom. The van der Waals surface area contributed by atoms with E-state index in [1.165, 1.54) is 5.56 Å². The van der Waals surface area contributed by atoms with Crippen molar-refractivity contribution in [1.29, 1.82) is 0 Å². The predicted octanol–water partition coefficient (Wildman–Crippen LogP) is 5.00. The lowest BCUT2D eigenvalue weighted by Crippen LogP contribution is -2.13. The number of fused-ring (bicyclic) bond motifs is 1. The van der Waals surface area contributed by atoms with E-state index < -0.39 is 0 Å². The molecule has 0 aliphatic carbocycles. The third-order valence-electron chi connectivity index (χ3n) is 4.62. The van der Waals surface area contributed by atoms with Crippen LogP contribution in [0.2, 0.25) is 5.02 Å². The number of carbonyl (C=O) groups excluding carboxylic acids is 1. The summed E-state index contributed by atoms with van der Waals surface area (Å²) in [5.41, 5.74) is 4.61. The van der Waals surface area contributed by atoms with Crippen LogP contribution in [0.15, 0.2) is 60.7 Å². The van der Waals surface area contributed by atoms with Crippen molar-refractivity contribution in [3.05, 3.63) is 88.3 Å². The average molecular weight is 391 g/mol. The molecule has 6 heteroatoms. The van der Waals surface area contributed by atoms with Crippen LogP contribution >= 0.6 is 11.6 Å². The Hall–Kier alpha value is -3.18. The lowest BCUT2D eigenvalue weighted by molar-refractivity contribution is 0.102. The number of imidazole rings is 1. The van der Waals surface area contributed by atoms with Gasteiger partial charge < -0.3 is 9.88 Å². The van der Waals surface area contributed by atoms with Gasteiger partial charge in [0.05, 0.1) is 17.9 Å². The van der Waals surface area contributed by atoms with Crippen LogP contribution in [0.3, 0.4) is 0 Å². The number of hydrogen-bond acceptors (Lipinski definition) is 3. The first-order valence-electron chi connectivity index (χ1n) is 8.96. The van der Waals surface area contributed by atoms with Gasteiger partial charge in [0.2, 0.25) is 0 Å². The summed E-state index contributed by atoms with van der Waals surface area (Å²) in [5, 5.41) is 3.44. The van der Waals surface area contributed by atoms with Gasteiger partial charge >= 0.3 is 0 Å². The highest BCUT2D eigenvalue weighted by Crippen LogP contribution is 2.23. The summed E-state index contributed by atoms with van der Waals surface area (Å²) in [6, 6.07) is 18.9. The standard InChI is InChI=1S/C22H19ClN4O/c1-14-19(26-22(28)17-9-6-10-18(23)11-17)12-20-21(24-14)27(15(2)25-20)13-16-7-4-3-5-8-16/h3-12H,13H2,1-2H3,(H,26,28). The molecule has 1 N–H and O–H groups in total. The minimum atomic E-state index is -0.229. The lowest BCUT2D eigenvalue weighted by Gasteiger charge is -2.10. The molecule has 0 radical (unpaired) electrons. The van der Waals surface area contributed by atoms with Gasteiger partial charge in [-0.15, -0.1) is 0 Å². The highest BCUT2D eigenvalue weighted by atomic mass is 35.5. The molecule has 0 unspecified atom stereocenters. The quantitative estimate of drug-likeness (QED) is 0.533. The zero-order valence-corrected chi connectivity index (χ0v) is 16.4. The van der Waals surface area contributed by atoms with Crippen molar-refractivity contribution >= 4 is 34.4 Å². The molecule has 2 aromatic carbocycles. The second-order valence-electron chi connectivity index (χ2n) is 6.66. The van der Waals surface area contributed by atoms with Gasteiger partial charge in [0.1, 0.15) is 11.3 Å². The molecule has 140 valence electrons. The number of benzene rings is 2. The summed E-state index contributed by atoms with van der Waals surface area (Å²) < 4.78 is 2.08. The molecule has 4 aromatic rings. The molecule has 0 spiro atoms. The van der Waals surface area contributed by atoms with E-state index in [0.29, 0.717) is 22.8 Å². The maximum atomic E-state index is 12.5. The highest BCUT2D eigenvalue weighted by molar-refractivity contribution is 6.31. The van der Waals surface area contributed by atoms with Gasteiger partial charge in [-0.2, -0.15) is 0 Å². The summed E-state index contributed by atoms with van der Waals surface area (Å²) in [4.78, 5) is 21.9. The summed E-state index contributed by atoms with van der Waals surface area (Å²) >= 11 is 5.98. The number of hydrogen-bond donors (Lipinski definition) is 1. The molecule has 0 saturated carbocycles. The van der Waals surface area contributed by atoms with Crippen LogP contribution in [0.25, 0.3) is 11.2 Å². The Balaban J connectivity index is 1.66. The Morgan fingerprint density at radius 3 is 2.57 bits per heavy atom. The first-order valence-corrected chi connectivity index (χ1v) is 9.34. The van der Waals surface area contributed by atoms with Gasteiger partial charge in [-0.05, 0) is 43.7 Å². The van der Waals surface area contributed by atoms with Crippen LogP contribution in [0.5, 0.6) is 0 Å². The van der Waals surface area contributed by atoms with E-state index in [0.717, 1.165) is 22.7 Å². The second kappa shape index (κ2) is 7.44. The SMILES string of the molecule is Cc1nc2c(cc1NC(=O)c1cccc(Cl)c1)nc(C)n2Cc1ccccc1. The molecule has 5 nitrogen and oxygen atoms in total. The van der Waals surface area contributed by atoms with Crippen molar-refractivity contribution in [2.75, 3.05) is 5.32 Å². The minimum absolute atomic E-state index is 0.229. The molecule has 4 rings (SSSR count). The fourth-order valence-corrected chi connectivity index (χ4v) is 3.35. The molecule has 28 heavy (non-hydrogen) atoms. The van der Waals surface area contributed by atoms with Crippen LogP contribution in [-0.4, -0.2) is 20.4 Å². The van der Waals surface area contributed by atoms with Crippen molar-refractivity contribution in [2.24, 2.45) is 0 Å². The molecular formula is C22H19ClN4O. The Kier molecular flexibility index (Phi) is 4.84. The van der Waals surface area contributed by atoms with Crippen molar-refractivity contribution in [3.8, 4) is 0 Å². The van der Waals surface area contributed by atoms with Gasteiger partial charge in [0.25, 0.3) is 5.91 Å². The first-order chi connectivity index (χ1) is 13.5. The van der Waals surface area contributed by atoms with Crippen LogP contribution in [-0.2, 0) is 6.54 Å². The van der Waals surface area contributed by atoms with E-state index in [1.54, 1.807) is 24.3 Å². The molecule has 0 atom stereocenters. The van der Waals surface area contributed by atoms with E-state index >= 15 is 0 Å². The topological polar surface area (TPSA) is 59.8 Å². The fourth-order valence-electron chi connectivity index (χ4n) is 3.16. The molecule has 0 bridgehead atoms. The number of amides is 1. The van der Waals surface area contributed by atoms with Crippen LogP contribution in [0.4, 0.5) is 5.69 Å². The van der Waals surface area contributed by atoms with Gasteiger partial charge in [0.15, 0.2) is 5.65 Å². The van der Waals surface area contributed by atoms with Crippen molar-refractivity contribution in [2.45, 2.75) is 20.4 Å². The van der Waals surface area contributed by atoms with Gasteiger partial charge in [0, 0.05) is 10.6 Å². The predicted molar refractivity (Wildman–Crippen MR) is 112 cm³/mol. The van der Waals surface area contributed by atoms with Crippen molar-refractivity contribution in [1.82, 2.24) is 14.5 Å². The zero-order chi connectivity index (χ0) is 19.7. The van der Waals surface area contributed by atoms with Gasteiger partial charge in [-0.3, -0.25) is 4.79 Å². The smallest absolute Gasteiger partial charge is 0.255 e. The number of halogens is 1. The molecule has 2 aromatic heterocycles. The number of pyridine rings is 1. The maximum Gasteiger partial charge on any atom is 0.255 e. The van der Waals surface area contributed by atoms with E-state index in [-0.39, 0.29) is 5.91 Å². The lowest BCUT2D eigenvalue weighted by atomic mass is 10.2. The normalized spacial score (nSPS) is 11.0. The van der Waals surface area contributed by atoms with Crippen LogP contribution in [0, 0.1) is 13.8 Å². The third kappa shape index (κ3) is 3.62.